The Kier molecular flexibility index (Phi) is 3.66. The summed E-state index contributed by atoms with van der Waals surface area (Å²) in [7, 11) is 0. The van der Waals surface area contributed by atoms with E-state index in [2.05, 4.69) is 39.8 Å². The van der Waals surface area contributed by atoms with Gasteiger partial charge in [-0.05, 0) is 13.3 Å². The van der Waals surface area contributed by atoms with Gasteiger partial charge in [0.1, 0.15) is 0 Å². The van der Waals surface area contributed by atoms with Crippen LogP contribution in [0.25, 0.3) is 0 Å². The molecule has 1 unspecified atom stereocenters. The highest BCUT2D eigenvalue weighted by Gasteiger charge is 1.99. The number of hydrogen-bond acceptors (Lipinski definition) is 4. The third-order valence-electron chi connectivity index (χ3n) is 1.84. The number of rotatable bonds is 5. The van der Waals surface area contributed by atoms with Gasteiger partial charge in [-0.2, -0.15) is 5.21 Å². The standard InChI is InChI=1S/C7H15N5/c1-3-6(2)8-5-4-7-9-11-12-10-7/h6,8H,3-5H2,1-2H3,(H,9,10,11,12). The number of hydrogen-bond donors (Lipinski definition) is 2. The quantitative estimate of drug-likeness (QED) is 0.657. The smallest absolute Gasteiger partial charge is 0.175 e. The molecule has 0 radical (unpaired) electrons. The second-order valence-electron chi connectivity index (χ2n) is 2.84. The summed E-state index contributed by atoms with van der Waals surface area (Å²) >= 11 is 0. The third kappa shape index (κ3) is 2.96. The first-order chi connectivity index (χ1) is 5.83. The molecule has 0 aromatic carbocycles. The van der Waals surface area contributed by atoms with E-state index < -0.39 is 0 Å². The van der Waals surface area contributed by atoms with Crippen molar-refractivity contribution in [2.75, 3.05) is 6.54 Å². The van der Waals surface area contributed by atoms with E-state index in [1.54, 1.807) is 0 Å². The molecule has 0 aliphatic heterocycles. The lowest BCUT2D eigenvalue weighted by molar-refractivity contribution is 0.533. The summed E-state index contributed by atoms with van der Waals surface area (Å²) in [6.07, 6.45) is 1.98. The molecule has 0 fully saturated rings. The zero-order valence-electron chi connectivity index (χ0n) is 7.54. The van der Waals surface area contributed by atoms with Gasteiger partial charge in [-0.15, -0.1) is 10.2 Å². The maximum Gasteiger partial charge on any atom is 0.175 e. The van der Waals surface area contributed by atoms with Crippen molar-refractivity contribution in [3.63, 3.8) is 0 Å². The molecule has 1 aromatic rings. The number of H-pyrrole nitrogens is 1. The average molecular weight is 169 g/mol. The summed E-state index contributed by atoms with van der Waals surface area (Å²) in [6.45, 7) is 5.23. The maximum absolute atomic E-state index is 3.85. The van der Waals surface area contributed by atoms with Gasteiger partial charge in [-0.3, -0.25) is 0 Å². The lowest BCUT2D eigenvalue weighted by atomic mass is 10.2. The monoisotopic (exact) mass is 169 g/mol. The minimum atomic E-state index is 0.567. The molecule has 0 spiro atoms. The van der Waals surface area contributed by atoms with Crippen LogP contribution in [0.4, 0.5) is 0 Å². The fraction of sp³-hybridized carbons (Fsp3) is 0.857. The van der Waals surface area contributed by atoms with Crippen molar-refractivity contribution in [2.24, 2.45) is 0 Å². The van der Waals surface area contributed by atoms with Gasteiger partial charge in [0.2, 0.25) is 0 Å². The predicted octanol–water partition coefficient (Wildman–Crippen LogP) is 0.130. The van der Waals surface area contributed by atoms with Crippen molar-refractivity contribution < 1.29 is 0 Å². The molecule has 1 heterocycles. The van der Waals surface area contributed by atoms with E-state index in [4.69, 9.17) is 0 Å². The highest BCUT2D eigenvalue weighted by Crippen LogP contribution is 1.89. The van der Waals surface area contributed by atoms with Crippen LogP contribution < -0.4 is 5.32 Å². The Hall–Kier alpha value is -0.970. The first-order valence-corrected chi connectivity index (χ1v) is 4.28. The van der Waals surface area contributed by atoms with Gasteiger partial charge in [0, 0.05) is 19.0 Å². The van der Waals surface area contributed by atoms with Crippen LogP contribution in [-0.4, -0.2) is 33.2 Å². The van der Waals surface area contributed by atoms with E-state index >= 15 is 0 Å². The highest BCUT2D eigenvalue weighted by molar-refractivity contribution is 4.77. The molecular formula is C7H15N5. The van der Waals surface area contributed by atoms with Gasteiger partial charge in [-0.1, -0.05) is 12.1 Å². The molecule has 5 nitrogen and oxygen atoms in total. The van der Waals surface area contributed by atoms with Gasteiger partial charge in [-0.25, -0.2) is 0 Å². The van der Waals surface area contributed by atoms with Gasteiger partial charge < -0.3 is 5.32 Å². The normalized spacial score (nSPS) is 13.2. The molecule has 1 aromatic heterocycles. The Balaban J connectivity index is 2.11. The van der Waals surface area contributed by atoms with Crippen LogP contribution in [0.5, 0.6) is 0 Å². The number of aromatic amines is 1. The Labute approximate surface area is 71.9 Å². The molecule has 12 heavy (non-hydrogen) atoms. The summed E-state index contributed by atoms with van der Waals surface area (Å²) in [4.78, 5) is 0. The van der Waals surface area contributed by atoms with Crippen molar-refractivity contribution in [3.05, 3.63) is 5.82 Å². The molecule has 1 atom stereocenters. The summed E-state index contributed by atoms with van der Waals surface area (Å²) in [5.74, 6) is 0.769. The average Bonchev–Trinajstić information content (AvgIpc) is 2.57. The van der Waals surface area contributed by atoms with E-state index in [1.165, 1.54) is 0 Å². The van der Waals surface area contributed by atoms with Gasteiger partial charge in [0.05, 0.1) is 0 Å². The second kappa shape index (κ2) is 4.82. The van der Waals surface area contributed by atoms with E-state index in [-0.39, 0.29) is 0 Å². The molecule has 0 aliphatic carbocycles. The van der Waals surface area contributed by atoms with Gasteiger partial charge in [0.15, 0.2) is 5.82 Å². The van der Waals surface area contributed by atoms with E-state index in [0.717, 1.165) is 25.2 Å². The van der Waals surface area contributed by atoms with Crippen LogP contribution in [0.2, 0.25) is 0 Å². The lowest BCUT2D eigenvalue weighted by Gasteiger charge is -2.08. The van der Waals surface area contributed by atoms with Crippen molar-refractivity contribution >= 4 is 0 Å². The topological polar surface area (TPSA) is 66.5 Å². The third-order valence-corrected chi connectivity index (χ3v) is 1.84. The van der Waals surface area contributed by atoms with Crippen molar-refractivity contribution in [1.82, 2.24) is 25.9 Å². The second-order valence-corrected chi connectivity index (χ2v) is 2.84. The molecule has 5 heteroatoms. The van der Waals surface area contributed by atoms with Crippen LogP contribution in [0.1, 0.15) is 26.1 Å². The Morgan fingerprint density at radius 3 is 3.00 bits per heavy atom. The zero-order valence-corrected chi connectivity index (χ0v) is 7.54. The first-order valence-electron chi connectivity index (χ1n) is 4.28. The van der Waals surface area contributed by atoms with Crippen LogP contribution in [-0.2, 0) is 6.42 Å². The van der Waals surface area contributed by atoms with Crippen LogP contribution in [0.3, 0.4) is 0 Å². The van der Waals surface area contributed by atoms with Crippen molar-refractivity contribution in [2.45, 2.75) is 32.7 Å². The van der Waals surface area contributed by atoms with E-state index in [0.29, 0.717) is 6.04 Å². The van der Waals surface area contributed by atoms with Crippen LogP contribution >= 0.6 is 0 Å². The largest absolute Gasteiger partial charge is 0.314 e. The fourth-order valence-electron chi connectivity index (χ4n) is 0.863. The highest BCUT2D eigenvalue weighted by atomic mass is 15.5. The minimum Gasteiger partial charge on any atom is -0.314 e. The summed E-state index contributed by atoms with van der Waals surface area (Å²) in [5.41, 5.74) is 0. The zero-order chi connectivity index (χ0) is 8.81. The van der Waals surface area contributed by atoms with Crippen molar-refractivity contribution in [3.8, 4) is 0 Å². The lowest BCUT2D eigenvalue weighted by Crippen LogP contribution is -2.27. The Morgan fingerprint density at radius 1 is 1.58 bits per heavy atom. The fourth-order valence-corrected chi connectivity index (χ4v) is 0.863. The maximum atomic E-state index is 3.85. The Bertz CT molecular complexity index is 196. The summed E-state index contributed by atoms with van der Waals surface area (Å²) < 4.78 is 0. The summed E-state index contributed by atoms with van der Waals surface area (Å²) in [5, 5.41) is 17.0. The van der Waals surface area contributed by atoms with Crippen LogP contribution in [0, 0.1) is 0 Å². The van der Waals surface area contributed by atoms with Gasteiger partial charge >= 0.3 is 0 Å². The SMILES string of the molecule is CCC(C)NCCc1nn[nH]n1. The minimum absolute atomic E-state index is 0.567. The number of nitrogens with one attached hydrogen (secondary N) is 2. The van der Waals surface area contributed by atoms with E-state index in [1.807, 2.05) is 0 Å². The molecule has 0 amide bonds. The van der Waals surface area contributed by atoms with Gasteiger partial charge in [0.25, 0.3) is 0 Å². The first kappa shape index (κ1) is 9.12. The number of aromatic nitrogens is 4. The molecule has 1 rings (SSSR count). The molecule has 68 valence electrons. The van der Waals surface area contributed by atoms with E-state index in [9.17, 15) is 0 Å². The molecule has 0 saturated heterocycles. The molecular weight excluding hydrogens is 154 g/mol. The van der Waals surface area contributed by atoms with Crippen LogP contribution in [0.15, 0.2) is 0 Å². The number of nitrogens with zero attached hydrogens (tertiary/aromatic N) is 3. The molecule has 0 bridgehead atoms. The predicted molar refractivity (Wildman–Crippen MR) is 45.6 cm³/mol. The molecule has 0 saturated carbocycles. The molecule has 0 aliphatic rings. The van der Waals surface area contributed by atoms with Crippen molar-refractivity contribution in [1.29, 1.82) is 0 Å². The molecule has 2 N–H and O–H groups in total. The Morgan fingerprint density at radius 2 is 2.42 bits per heavy atom. The number of tetrazole rings is 1. The summed E-state index contributed by atoms with van der Waals surface area (Å²) in [6, 6.07) is 0.567.